The van der Waals surface area contributed by atoms with Gasteiger partial charge in [-0.05, 0) is 18.1 Å². The van der Waals surface area contributed by atoms with Gasteiger partial charge in [-0.25, -0.2) is 4.98 Å². The second kappa shape index (κ2) is 5.65. The maximum absolute atomic E-state index is 11.8. The van der Waals surface area contributed by atoms with Gasteiger partial charge in [-0.3, -0.25) is 14.2 Å². The second-order valence-electron chi connectivity index (χ2n) is 4.87. The van der Waals surface area contributed by atoms with Gasteiger partial charge in [0.05, 0.1) is 17.2 Å². The molecule has 0 saturated heterocycles. The maximum Gasteiger partial charge on any atom is 0.269 e. The molecule has 0 saturated carbocycles. The summed E-state index contributed by atoms with van der Waals surface area (Å²) in [4.78, 5) is 27.7. The number of para-hydroxylation sites is 2. The highest BCUT2D eigenvalue weighted by molar-refractivity contribution is 5.79. The lowest BCUT2D eigenvalue weighted by molar-refractivity contribution is -0.121. The summed E-state index contributed by atoms with van der Waals surface area (Å²) in [7, 11) is 0. The summed E-state index contributed by atoms with van der Waals surface area (Å²) in [5, 5.41) is 2.80. The molecule has 0 bridgehead atoms. The molecule has 0 fully saturated rings. The van der Waals surface area contributed by atoms with Crippen molar-refractivity contribution in [3.05, 3.63) is 40.8 Å². The van der Waals surface area contributed by atoms with Crippen LogP contribution in [0.25, 0.3) is 11.0 Å². The van der Waals surface area contributed by atoms with Gasteiger partial charge >= 0.3 is 0 Å². The second-order valence-corrected chi connectivity index (χ2v) is 4.87. The van der Waals surface area contributed by atoms with Crippen molar-refractivity contribution in [2.45, 2.75) is 20.4 Å². The molecule has 5 nitrogen and oxygen atoms in total. The Hall–Kier alpha value is -2.17. The highest BCUT2D eigenvalue weighted by Crippen LogP contribution is 2.07. The molecule has 1 N–H and O–H groups in total. The molecule has 0 radical (unpaired) electrons. The Kier molecular flexibility index (Phi) is 3.94. The molecule has 5 heteroatoms. The molecule has 0 atom stereocenters. The Morgan fingerprint density at radius 1 is 1.37 bits per heavy atom. The first-order valence-electron chi connectivity index (χ1n) is 6.29. The average molecular weight is 259 g/mol. The summed E-state index contributed by atoms with van der Waals surface area (Å²) in [6.45, 7) is 4.67. The van der Waals surface area contributed by atoms with Gasteiger partial charge < -0.3 is 5.32 Å². The molecule has 1 aromatic heterocycles. The minimum Gasteiger partial charge on any atom is -0.354 e. The number of fused-ring (bicyclic) bond motifs is 1. The smallest absolute Gasteiger partial charge is 0.269 e. The molecule has 2 rings (SSSR count). The van der Waals surface area contributed by atoms with Crippen LogP contribution < -0.4 is 10.9 Å². The molecule has 0 spiro atoms. The van der Waals surface area contributed by atoms with E-state index < -0.39 is 0 Å². The van der Waals surface area contributed by atoms with Gasteiger partial charge in [0.2, 0.25) is 5.91 Å². The molecule has 0 unspecified atom stereocenters. The van der Waals surface area contributed by atoms with Crippen molar-refractivity contribution in [1.29, 1.82) is 0 Å². The number of nitrogens with one attached hydrogen (secondary N) is 1. The number of hydrogen-bond donors (Lipinski definition) is 1. The number of nitrogens with zero attached hydrogens (tertiary/aromatic N) is 2. The lowest BCUT2D eigenvalue weighted by atomic mass is 10.2. The number of carbonyl (C=O) groups is 1. The summed E-state index contributed by atoms with van der Waals surface area (Å²) in [6.07, 6.45) is 1.25. The van der Waals surface area contributed by atoms with Crippen molar-refractivity contribution >= 4 is 16.9 Å². The summed E-state index contributed by atoms with van der Waals surface area (Å²) < 4.78 is 1.44. The van der Waals surface area contributed by atoms with E-state index in [0.29, 0.717) is 23.5 Å². The van der Waals surface area contributed by atoms with E-state index in [1.807, 2.05) is 32.0 Å². The molecule has 100 valence electrons. The molecule has 0 aliphatic carbocycles. The van der Waals surface area contributed by atoms with Crippen molar-refractivity contribution < 1.29 is 4.79 Å². The van der Waals surface area contributed by atoms with E-state index in [1.165, 1.54) is 10.8 Å². The van der Waals surface area contributed by atoms with E-state index >= 15 is 0 Å². The number of amides is 1. The number of rotatable bonds is 4. The molecule has 1 amide bonds. The Morgan fingerprint density at radius 3 is 2.84 bits per heavy atom. The molecular formula is C14H17N3O2. The van der Waals surface area contributed by atoms with Crippen LogP contribution in [0.2, 0.25) is 0 Å². The minimum absolute atomic E-state index is 0.0224. The fourth-order valence-corrected chi connectivity index (χ4v) is 1.80. The van der Waals surface area contributed by atoms with Gasteiger partial charge in [-0.2, -0.15) is 0 Å². The third-order valence-corrected chi connectivity index (χ3v) is 2.76. The largest absolute Gasteiger partial charge is 0.354 e. The SMILES string of the molecule is CC(C)CNC(=O)Cn1c(=O)cnc2ccccc21. The topological polar surface area (TPSA) is 64.0 Å². The lowest BCUT2D eigenvalue weighted by Crippen LogP contribution is -2.34. The third kappa shape index (κ3) is 3.19. The van der Waals surface area contributed by atoms with E-state index in [4.69, 9.17) is 0 Å². The standard InChI is InChI=1S/C14H17N3O2/c1-10(2)7-16-13(18)9-17-12-6-4-3-5-11(12)15-8-14(17)19/h3-6,8,10H,7,9H2,1-2H3,(H,16,18). The van der Waals surface area contributed by atoms with Crippen LogP contribution >= 0.6 is 0 Å². The number of hydrogen-bond acceptors (Lipinski definition) is 3. The quantitative estimate of drug-likeness (QED) is 0.896. The molecule has 1 heterocycles. The van der Waals surface area contributed by atoms with Crippen molar-refractivity contribution in [1.82, 2.24) is 14.9 Å². The van der Waals surface area contributed by atoms with E-state index in [9.17, 15) is 9.59 Å². The van der Waals surface area contributed by atoms with Gasteiger partial charge in [0.25, 0.3) is 5.56 Å². The number of aromatic nitrogens is 2. The molecule has 0 aliphatic rings. The summed E-state index contributed by atoms with van der Waals surface area (Å²) in [5.41, 5.74) is 1.12. The van der Waals surface area contributed by atoms with Crippen molar-refractivity contribution in [3.8, 4) is 0 Å². The Labute approximate surface area is 111 Å². The summed E-state index contributed by atoms with van der Waals surface area (Å²) in [6, 6.07) is 7.28. The minimum atomic E-state index is -0.265. The van der Waals surface area contributed by atoms with Gasteiger partial charge in [0, 0.05) is 6.54 Å². The fraction of sp³-hybridized carbons (Fsp3) is 0.357. The Balaban J connectivity index is 2.27. The van der Waals surface area contributed by atoms with Crippen LogP contribution in [0, 0.1) is 5.92 Å². The summed E-state index contributed by atoms with van der Waals surface area (Å²) >= 11 is 0. The van der Waals surface area contributed by atoms with Crippen LogP contribution in [-0.2, 0) is 11.3 Å². The van der Waals surface area contributed by atoms with Gasteiger partial charge in [0.15, 0.2) is 0 Å². The van der Waals surface area contributed by atoms with E-state index in [-0.39, 0.29) is 18.0 Å². The zero-order chi connectivity index (χ0) is 13.8. The average Bonchev–Trinajstić information content (AvgIpc) is 2.40. The zero-order valence-electron chi connectivity index (χ0n) is 11.1. The number of benzene rings is 1. The van der Waals surface area contributed by atoms with Crippen molar-refractivity contribution in [3.63, 3.8) is 0 Å². The van der Waals surface area contributed by atoms with Gasteiger partial charge in [-0.15, -0.1) is 0 Å². The lowest BCUT2D eigenvalue weighted by Gasteiger charge is -2.11. The van der Waals surface area contributed by atoms with Crippen LogP contribution in [-0.4, -0.2) is 22.0 Å². The van der Waals surface area contributed by atoms with Gasteiger partial charge in [0.1, 0.15) is 6.54 Å². The maximum atomic E-state index is 11.8. The zero-order valence-corrected chi connectivity index (χ0v) is 11.1. The van der Waals surface area contributed by atoms with Crippen LogP contribution in [0.4, 0.5) is 0 Å². The van der Waals surface area contributed by atoms with Crippen LogP contribution in [0.15, 0.2) is 35.3 Å². The van der Waals surface area contributed by atoms with Crippen molar-refractivity contribution in [2.24, 2.45) is 5.92 Å². The van der Waals surface area contributed by atoms with Crippen LogP contribution in [0.5, 0.6) is 0 Å². The highest BCUT2D eigenvalue weighted by Gasteiger charge is 2.08. The molecule has 2 aromatic rings. The first-order valence-corrected chi connectivity index (χ1v) is 6.29. The first-order chi connectivity index (χ1) is 9.08. The first kappa shape index (κ1) is 13.3. The molecule has 0 aliphatic heterocycles. The van der Waals surface area contributed by atoms with Crippen LogP contribution in [0.1, 0.15) is 13.8 Å². The van der Waals surface area contributed by atoms with E-state index in [2.05, 4.69) is 10.3 Å². The highest BCUT2D eigenvalue weighted by atomic mass is 16.2. The predicted octanol–water partition coefficient (Wildman–Crippen LogP) is 1.17. The predicted molar refractivity (Wildman–Crippen MR) is 73.9 cm³/mol. The summed E-state index contributed by atoms with van der Waals surface area (Å²) in [5.74, 6) is 0.224. The molecule has 19 heavy (non-hydrogen) atoms. The molecule has 1 aromatic carbocycles. The monoisotopic (exact) mass is 259 g/mol. The normalized spacial score (nSPS) is 10.9. The van der Waals surface area contributed by atoms with Crippen molar-refractivity contribution in [2.75, 3.05) is 6.54 Å². The third-order valence-electron chi connectivity index (χ3n) is 2.76. The number of carbonyl (C=O) groups excluding carboxylic acids is 1. The Morgan fingerprint density at radius 2 is 2.11 bits per heavy atom. The fourth-order valence-electron chi connectivity index (χ4n) is 1.80. The van der Waals surface area contributed by atoms with Gasteiger partial charge in [-0.1, -0.05) is 26.0 Å². The molecular weight excluding hydrogens is 242 g/mol. The van der Waals surface area contributed by atoms with E-state index in [1.54, 1.807) is 6.07 Å². The van der Waals surface area contributed by atoms with Crippen LogP contribution in [0.3, 0.4) is 0 Å². The Bertz CT molecular complexity index is 646. The van der Waals surface area contributed by atoms with E-state index in [0.717, 1.165) is 0 Å².